The van der Waals surface area contributed by atoms with E-state index in [0.717, 1.165) is 12.8 Å². The van der Waals surface area contributed by atoms with Gasteiger partial charge in [0.25, 0.3) is 5.91 Å². The summed E-state index contributed by atoms with van der Waals surface area (Å²) in [5.74, 6) is -0.747. The summed E-state index contributed by atoms with van der Waals surface area (Å²) in [6, 6.07) is 9.05. The number of hydrogen-bond acceptors (Lipinski definition) is 2. The molecule has 0 aromatic heterocycles. The second-order valence-corrected chi connectivity index (χ2v) is 4.79. The number of rotatable bonds is 4. The number of carboxylic acid groups (broad SMARTS) is 1. The van der Waals surface area contributed by atoms with Crippen molar-refractivity contribution in [2.75, 3.05) is 6.54 Å². The lowest BCUT2D eigenvalue weighted by molar-refractivity contribution is -0.141. The second kappa shape index (κ2) is 5.67. The van der Waals surface area contributed by atoms with Gasteiger partial charge in [0.2, 0.25) is 0 Å². The van der Waals surface area contributed by atoms with E-state index in [9.17, 15) is 9.59 Å². The van der Waals surface area contributed by atoms with E-state index in [1.54, 1.807) is 12.1 Å². The third-order valence-electron chi connectivity index (χ3n) is 3.48. The first-order valence-electron chi connectivity index (χ1n) is 6.23. The van der Waals surface area contributed by atoms with E-state index in [1.165, 1.54) is 0 Å². The molecule has 0 heterocycles. The number of hydrogen-bond donors (Lipinski definition) is 2. The summed E-state index contributed by atoms with van der Waals surface area (Å²) in [7, 11) is 0. The average molecular weight is 247 g/mol. The van der Waals surface area contributed by atoms with Crippen LogP contribution in [0.25, 0.3) is 0 Å². The van der Waals surface area contributed by atoms with Gasteiger partial charge in [0.1, 0.15) is 0 Å². The van der Waals surface area contributed by atoms with Gasteiger partial charge in [-0.15, -0.1) is 0 Å². The average Bonchev–Trinajstić information content (AvgIpc) is 2.86. The highest BCUT2D eigenvalue weighted by molar-refractivity contribution is 5.94. The number of amides is 1. The van der Waals surface area contributed by atoms with Crippen molar-refractivity contribution in [3.8, 4) is 0 Å². The number of carbonyl (C=O) groups excluding carboxylic acids is 1. The molecular formula is C14H17NO3. The minimum Gasteiger partial charge on any atom is -0.481 e. The lowest BCUT2D eigenvalue weighted by Crippen LogP contribution is -2.28. The third kappa shape index (κ3) is 3.09. The summed E-state index contributed by atoms with van der Waals surface area (Å²) in [4.78, 5) is 22.6. The van der Waals surface area contributed by atoms with Crippen molar-refractivity contribution >= 4 is 11.9 Å². The van der Waals surface area contributed by atoms with Crippen molar-refractivity contribution < 1.29 is 14.7 Å². The maximum atomic E-state index is 11.8. The monoisotopic (exact) mass is 247 g/mol. The maximum Gasteiger partial charge on any atom is 0.306 e. The second-order valence-electron chi connectivity index (χ2n) is 4.79. The highest BCUT2D eigenvalue weighted by Crippen LogP contribution is 2.30. The molecule has 1 aliphatic rings. The molecule has 2 unspecified atom stereocenters. The predicted octanol–water partition coefficient (Wildman–Crippen LogP) is 1.92. The van der Waals surface area contributed by atoms with Crippen LogP contribution in [0.5, 0.6) is 0 Å². The van der Waals surface area contributed by atoms with Gasteiger partial charge in [-0.3, -0.25) is 9.59 Å². The topological polar surface area (TPSA) is 66.4 Å². The first-order valence-corrected chi connectivity index (χ1v) is 6.23. The molecule has 2 atom stereocenters. The maximum absolute atomic E-state index is 11.8. The third-order valence-corrected chi connectivity index (χ3v) is 3.48. The Morgan fingerprint density at radius 3 is 2.56 bits per heavy atom. The van der Waals surface area contributed by atoms with E-state index < -0.39 is 5.97 Å². The zero-order chi connectivity index (χ0) is 13.0. The quantitative estimate of drug-likeness (QED) is 0.854. The Bertz CT molecular complexity index is 430. The van der Waals surface area contributed by atoms with Gasteiger partial charge < -0.3 is 10.4 Å². The fourth-order valence-corrected chi connectivity index (χ4v) is 2.41. The van der Waals surface area contributed by atoms with Crippen LogP contribution in [0.3, 0.4) is 0 Å². The van der Waals surface area contributed by atoms with Gasteiger partial charge in [0.15, 0.2) is 0 Å². The van der Waals surface area contributed by atoms with Crippen LogP contribution in [-0.2, 0) is 4.79 Å². The smallest absolute Gasteiger partial charge is 0.306 e. The molecule has 4 heteroatoms. The Kier molecular flexibility index (Phi) is 3.97. The van der Waals surface area contributed by atoms with Crippen molar-refractivity contribution in [2.45, 2.75) is 19.3 Å². The Balaban J connectivity index is 1.79. The SMILES string of the molecule is O=C(NCC1CCC(C(=O)O)C1)c1ccccc1. The number of aliphatic carboxylic acids is 1. The molecule has 2 rings (SSSR count). The summed E-state index contributed by atoms with van der Waals surface area (Å²) < 4.78 is 0. The Labute approximate surface area is 106 Å². The fraction of sp³-hybridized carbons (Fsp3) is 0.429. The molecule has 1 aromatic carbocycles. The molecular weight excluding hydrogens is 230 g/mol. The van der Waals surface area contributed by atoms with Crippen LogP contribution in [0.2, 0.25) is 0 Å². The fourth-order valence-electron chi connectivity index (χ4n) is 2.41. The van der Waals surface area contributed by atoms with Crippen molar-refractivity contribution in [3.63, 3.8) is 0 Å². The van der Waals surface area contributed by atoms with Crippen molar-refractivity contribution in [3.05, 3.63) is 35.9 Å². The van der Waals surface area contributed by atoms with E-state index in [1.807, 2.05) is 18.2 Å². The Morgan fingerprint density at radius 1 is 1.22 bits per heavy atom. The van der Waals surface area contributed by atoms with Gasteiger partial charge in [0.05, 0.1) is 5.92 Å². The van der Waals surface area contributed by atoms with Crippen molar-refractivity contribution in [2.24, 2.45) is 11.8 Å². The molecule has 1 aromatic rings. The summed E-state index contributed by atoms with van der Waals surface area (Å²) in [5, 5.41) is 11.8. The van der Waals surface area contributed by atoms with Gasteiger partial charge in [-0.1, -0.05) is 18.2 Å². The molecule has 1 fully saturated rings. The summed E-state index contributed by atoms with van der Waals surface area (Å²) in [6.07, 6.45) is 2.28. The zero-order valence-corrected chi connectivity index (χ0v) is 10.1. The lowest BCUT2D eigenvalue weighted by atomic mass is 10.1. The first-order chi connectivity index (χ1) is 8.66. The van der Waals surface area contributed by atoms with E-state index >= 15 is 0 Å². The molecule has 1 aliphatic carbocycles. The molecule has 18 heavy (non-hydrogen) atoms. The molecule has 0 bridgehead atoms. The van der Waals surface area contributed by atoms with Crippen LogP contribution in [0.15, 0.2) is 30.3 Å². The normalized spacial score (nSPS) is 22.7. The number of carbonyl (C=O) groups is 2. The van der Waals surface area contributed by atoms with Gasteiger partial charge in [-0.05, 0) is 37.3 Å². The summed E-state index contributed by atoms with van der Waals surface area (Å²) >= 11 is 0. The highest BCUT2D eigenvalue weighted by Gasteiger charge is 2.29. The largest absolute Gasteiger partial charge is 0.481 e. The number of carboxylic acids is 1. The molecule has 96 valence electrons. The van der Waals surface area contributed by atoms with Gasteiger partial charge >= 0.3 is 5.97 Å². The van der Waals surface area contributed by atoms with Crippen LogP contribution < -0.4 is 5.32 Å². The zero-order valence-electron chi connectivity index (χ0n) is 10.1. The lowest BCUT2D eigenvalue weighted by Gasteiger charge is -2.11. The molecule has 4 nitrogen and oxygen atoms in total. The van der Waals surface area contributed by atoms with Crippen LogP contribution in [0, 0.1) is 11.8 Å². The Hall–Kier alpha value is -1.84. The van der Waals surface area contributed by atoms with E-state index in [4.69, 9.17) is 5.11 Å². The van der Waals surface area contributed by atoms with E-state index in [-0.39, 0.29) is 11.8 Å². The molecule has 2 N–H and O–H groups in total. The Morgan fingerprint density at radius 2 is 1.94 bits per heavy atom. The van der Waals surface area contributed by atoms with Crippen LogP contribution in [-0.4, -0.2) is 23.5 Å². The molecule has 1 saturated carbocycles. The number of benzene rings is 1. The first kappa shape index (κ1) is 12.6. The van der Waals surface area contributed by atoms with E-state index in [0.29, 0.717) is 24.4 Å². The molecule has 0 saturated heterocycles. The van der Waals surface area contributed by atoms with E-state index in [2.05, 4.69) is 5.32 Å². The van der Waals surface area contributed by atoms with Gasteiger partial charge in [0, 0.05) is 12.1 Å². The molecule has 0 spiro atoms. The van der Waals surface area contributed by atoms with Gasteiger partial charge in [-0.2, -0.15) is 0 Å². The molecule has 0 aliphatic heterocycles. The van der Waals surface area contributed by atoms with Crippen LogP contribution >= 0.6 is 0 Å². The van der Waals surface area contributed by atoms with Crippen LogP contribution in [0.1, 0.15) is 29.6 Å². The predicted molar refractivity (Wildman–Crippen MR) is 67.2 cm³/mol. The molecule has 0 radical (unpaired) electrons. The van der Waals surface area contributed by atoms with Crippen molar-refractivity contribution in [1.82, 2.24) is 5.32 Å². The van der Waals surface area contributed by atoms with Gasteiger partial charge in [-0.25, -0.2) is 0 Å². The van der Waals surface area contributed by atoms with Crippen LogP contribution in [0.4, 0.5) is 0 Å². The molecule has 1 amide bonds. The number of nitrogens with one attached hydrogen (secondary N) is 1. The summed E-state index contributed by atoms with van der Waals surface area (Å²) in [5.41, 5.74) is 0.644. The minimum absolute atomic E-state index is 0.0885. The van der Waals surface area contributed by atoms with Crippen molar-refractivity contribution in [1.29, 1.82) is 0 Å². The standard InChI is InChI=1S/C14H17NO3/c16-13(11-4-2-1-3-5-11)15-9-10-6-7-12(8-10)14(17)18/h1-5,10,12H,6-9H2,(H,15,16)(H,17,18). The summed E-state index contributed by atoms with van der Waals surface area (Å²) in [6.45, 7) is 0.567. The highest BCUT2D eigenvalue weighted by atomic mass is 16.4. The minimum atomic E-state index is -0.716.